The number of hydrogen-bond acceptors (Lipinski definition) is 6. The Balaban J connectivity index is 1.47. The lowest BCUT2D eigenvalue weighted by molar-refractivity contribution is -0.131. The second-order valence-corrected chi connectivity index (χ2v) is 11.8. The van der Waals surface area contributed by atoms with Crippen molar-refractivity contribution in [3.8, 4) is 11.3 Å². The van der Waals surface area contributed by atoms with Crippen LogP contribution < -0.4 is 11.1 Å². The predicted octanol–water partition coefficient (Wildman–Crippen LogP) is 4.49. The number of pyridine rings is 1. The largest absolute Gasteiger partial charge is 0.350 e. The first kappa shape index (κ1) is 30.2. The number of carbonyl (C=O) groups excluding carboxylic acids is 2. The van der Waals surface area contributed by atoms with E-state index < -0.39 is 17.5 Å². The number of fused-ring (bicyclic) bond motifs is 1. The van der Waals surface area contributed by atoms with Gasteiger partial charge in [-0.3, -0.25) is 14.6 Å². The highest BCUT2D eigenvalue weighted by Crippen LogP contribution is 2.39. The van der Waals surface area contributed by atoms with E-state index in [0.717, 1.165) is 29.7 Å². The molecule has 5 rings (SSSR count). The van der Waals surface area contributed by atoms with E-state index >= 15 is 4.39 Å². The number of nitrogens with two attached hydrogens (primary N) is 1. The van der Waals surface area contributed by atoms with Crippen LogP contribution in [0.4, 0.5) is 8.78 Å². The van der Waals surface area contributed by atoms with Crippen LogP contribution >= 0.6 is 0 Å². The lowest BCUT2D eigenvalue weighted by atomic mass is 9.72. The summed E-state index contributed by atoms with van der Waals surface area (Å²) in [7, 11) is 1.81. The standard InChI is InChI=1S/C32H37F2N7O2/c1-17(2)38-32(43)24-7-8-25(33)29(30(24)34)27-9-6-22-16-37-28(41(22)39-27)14-21-15-36-11-10-23(21)20-12-18(3)31(26(35)13-20)40(5)19(4)42/h6-11,15-18,20,26,31H,12-14,35H2,1-5H3,(H,38,43)/t18-,20+,26+,31-/m0/s1. The summed E-state index contributed by atoms with van der Waals surface area (Å²) in [5.41, 5.74) is 8.75. The molecule has 11 heteroatoms. The molecule has 226 valence electrons. The summed E-state index contributed by atoms with van der Waals surface area (Å²) >= 11 is 0. The van der Waals surface area contributed by atoms with Crippen molar-refractivity contribution in [2.45, 2.75) is 71.0 Å². The molecule has 0 radical (unpaired) electrons. The summed E-state index contributed by atoms with van der Waals surface area (Å²) in [4.78, 5) is 35.3. The maximum Gasteiger partial charge on any atom is 0.254 e. The number of imidazole rings is 1. The second kappa shape index (κ2) is 12.2. The van der Waals surface area contributed by atoms with Gasteiger partial charge in [-0.05, 0) is 80.0 Å². The Morgan fingerprint density at radius 2 is 1.91 bits per heavy atom. The summed E-state index contributed by atoms with van der Waals surface area (Å²) in [6, 6.07) is 6.99. The highest BCUT2D eigenvalue weighted by atomic mass is 19.1. The number of hydrogen-bond donors (Lipinski definition) is 2. The highest BCUT2D eigenvalue weighted by Gasteiger charge is 2.38. The molecule has 0 bridgehead atoms. The van der Waals surface area contributed by atoms with Crippen molar-refractivity contribution < 1.29 is 18.4 Å². The van der Waals surface area contributed by atoms with Crippen molar-refractivity contribution >= 4 is 17.3 Å². The molecule has 43 heavy (non-hydrogen) atoms. The topological polar surface area (TPSA) is 119 Å². The maximum absolute atomic E-state index is 15.5. The van der Waals surface area contributed by atoms with Crippen LogP contribution in [-0.2, 0) is 11.2 Å². The monoisotopic (exact) mass is 589 g/mol. The van der Waals surface area contributed by atoms with Gasteiger partial charge in [0, 0.05) is 50.9 Å². The number of rotatable bonds is 7. The van der Waals surface area contributed by atoms with Gasteiger partial charge >= 0.3 is 0 Å². The SMILES string of the molecule is CC(=O)N(C)[C@@H]1[C@H](N)C[C@H](c2ccncc2Cc2ncc3ccc(-c4c(F)ccc(C(=O)NC(C)C)c4F)nn23)C[C@@H]1C. The molecular weight excluding hydrogens is 552 g/mol. The second-order valence-electron chi connectivity index (χ2n) is 11.8. The molecule has 1 fully saturated rings. The Labute approximate surface area is 249 Å². The van der Waals surface area contributed by atoms with E-state index in [1.165, 1.54) is 6.07 Å². The van der Waals surface area contributed by atoms with E-state index in [4.69, 9.17) is 5.73 Å². The first-order chi connectivity index (χ1) is 20.5. The van der Waals surface area contributed by atoms with Crippen LogP contribution in [0.2, 0.25) is 0 Å². The summed E-state index contributed by atoms with van der Waals surface area (Å²) in [5, 5.41) is 7.20. The smallest absolute Gasteiger partial charge is 0.254 e. The van der Waals surface area contributed by atoms with Crippen LogP contribution in [0.25, 0.3) is 16.8 Å². The van der Waals surface area contributed by atoms with Crippen molar-refractivity contribution in [3.63, 3.8) is 0 Å². The van der Waals surface area contributed by atoms with Crippen molar-refractivity contribution in [1.82, 2.24) is 29.8 Å². The van der Waals surface area contributed by atoms with Crippen molar-refractivity contribution in [1.29, 1.82) is 0 Å². The van der Waals surface area contributed by atoms with E-state index in [1.807, 2.05) is 6.07 Å². The molecular formula is C32H37F2N7O2. The Morgan fingerprint density at radius 3 is 2.60 bits per heavy atom. The van der Waals surface area contributed by atoms with Gasteiger partial charge in [0.05, 0.1) is 28.5 Å². The zero-order valence-corrected chi connectivity index (χ0v) is 25.0. The molecule has 0 unspecified atom stereocenters. The molecule has 3 heterocycles. The van der Waals surface area contributed by atoms with Gasteiger partial charge in [-0.25, -0.2) is 18.3 Å². The first-order valence-corrected chi connectivity index (χ1v) is 14.5. The van der Waals surface area contributed by atoms with E-state index in [1.54, 1.807) is 61.9 Å². The minimum absolute atomic E-state index is 0.00119. The Morgan fingerprint density at radius 1 is 1.14 bits per heavy atom. The third kappa shape index (κ3) is 5.99. The zero-order chi connectivity index (χ0) is 31.0. The van der Waals surface area contributed by atoms with Gasteiger partial charge in [-0.15, -0.1) is 0 Å². The normalized spacial score (nSPS) is 20.4. The number of halogens is 2. The van der Waals surface area contributed by atoms with Gasteiger partial charge in [-0.2, -0.15) is 5.10 Å². The summed E-state index contributed by atoms with van der Waals surface area (Å²) in [6.45, 7) is 7.21. The predicted molar refractivity (Wildman–Crippen MR) is 159 cm³/mol. The van der Waals surface area contributed by atoms with E-state index in [-0.39, 0.29) is 52.7 Å². The molecule has 3 aromatic heterocycles. The number of nitrogens with zero attached hydrogens (tertiary/aromatic N) is 5. The van der Waals surface area contributed by atoms with Gasteiger partial charge in [-0.1, -0.05) is 6.92 Å². The number of likely N-dealkylation sites (N-methyl/N-ethyl adjacent to an activating group) is 1. The fraction of sp³-hybridized carbons (Fsp3) is 0.406. The highest BCUT2D eigenvalue weighted by molar-refractivity contribution is 5.96. The molecule has 1 aliphatic rings. The Bertz CT molecular complexity index is 1660. The molecule has 1 aromatic carbocycles. The fourth-order valence-electron chi connectivity index (χ4n) is 6.35. The lowest BCUT2D eigenvalue weighted by Gasteiger charge is -2.43. The Kier molecular flexibility index (Phi) is 8.55. The molecule has 1 aliphatic carbocycles. The van der Waals surface area contributed by atoms with Gasteiger partial charge < -0.3 is 16.0 Å². The Hall–Kier alpha value is -4.25. The first-order valence-electron chi connectivity index (χ1n) is 14.5. The van der Waals surface area contributed by atoms with E-state index in [2.05, 4.69) is 27.3 Å². The van der Waals surface area contributed by atoms with Crippen LogP contribution in [0, 0.1) is 17.6 Å². The van der Waals surface area contributed by atoms with Crippen molar-refractivity contribution in [2.75, 3.05) is 7.05 Å². The van der Waals surface area contributed by atoms with Gasteiger partial charge in [0.15, 0.2) is 0 Å². The van der Waals surface area contributed by atoms with Crippen LogP contribution in [0.15, 0.2) is 48.9 Å². The molecule has 2 amide bonds. The molecule has 1 saturated carbocycles. The molecule has 9 nitrogen and oxygen atoms in total. The van der Waals surface area contributed by atoms with Crippen LogP contribution in [0.5, 0.6) is 0 Å². The molecule has 0 saturated heterocycles. The quantitative estimate of drug-likeness (QED) is 0.328. The number of carbonyl (C=O) groups is 2. The summed E-state index contributed by atoms with van der Waals surface area (Å²) in [5.74, 6) is -1.49. The average molecular weight is 590 g/mol. The number of amides is 2. The van der Waals surface area contributed by atoms with Crippen molar-refractivity contribution in [2.24, 2.45) is 11.7 Å². The molecule has 4 atom stereocenters. The molecule has 3 N–H and O–H groups in total. The average Bonchev–Trinajstić information content (AvgIpc) is 3.34. The van der Waals surface area contributed by atoms with Gasteiger partial charge in [0.1, 0.15) is 17.5 Å². The molecule has 0 aliphatic heterocycles. The summed E-state index contributed by atoms with van der Waals surface area (Å²) < 4.78 is 32.1. The minimum Gasteiger partial charge on any atom is -0.350 e. The minimum atomic E-state index is -0.974. The van der Waals surface area contributed by atoms with Crippen LogP contribution in [0.3, 0.4) is 0 Å². The lowest BCUT2D eigenvalue weighted by Crippen LogP contribution is -2.54. The summed E-state index contributed by atoms with van der Waals surface area (Å²) in [6.07, 6.45) is 7.18. The number of benzene rings is 1. The number of nitrogens with one attached hydrogen (secondary N) is 1. The fourth-order valence-corrected chi connectivity index (χ4v) is 6.35. The van der Waals surface area contributed by atoms with E-state index in [9.17, 15) is 14.0 Å². The third-order valence-electron chi connectivity index (χ3n) is 8.37. The van der Waals surface area contributed by atoms with Gasteiger partial charge in [0.25, 0.3) is 5.91 Å². The van der Waals surface area contributed by atoms with Crippen LogP contribution in [0.1, 0.15) is 73.8 Å². The zero-order valence-electron chi connectivity index (χ0n) is 25.0. The number of aromatic nitrogens is 4. The third-order valence-corrected chi connectivity index (χ3v) is 8.37. The van der Waals surface area contributed by atoms with E-state index in [0.29, 0.717) is 24.2 Å². The van der Waals surface area contributed by atoms with Gasteiger partial charge in [0.2, 0.25) is 5.91 Å². The van der Waals surface area contributed by atoms with Crippen LogP contribution in [-0.4, -0.2) is 61.5 Å². The molecule has 0 spiro atoms. The molecule has 4 aromatic rings. The maximum atomic E-state index is 15.5. The van der Waals surface area contributed by atoms with Crippen molar-refractivity contribution in [3.05, 3.63) is 83.1 Å².